The highest BCUT2D eigenvalue weighted by atomic mass is 35.5. The van der Waals surface area contributed by atoms with E-state index in [4.69, 9.17) is 16.7 Å². The third-order valence-electron chi connectivity index (χ3n) is 3.08. The third-order valence-corrected chi connectivity index (χ3v) is 3.34. The van der Waals surface area contributed by atoms with Crippen LogP contribution in [0, 0.1) is 0 Å². The van der Waals surface area contributed by atoms with Gasteiger partial charge < -0.3 is 5.11 Å². The number of benzene rings is 1. The van der Waals surface area contributed by atoms with Crippen LogP contribution >= 0.6 is 11.6 Å². The maximum absolute atomic E-state index is 12.4. The molecule has 0 unspecified atom stereocenters. The Bertz CT molecular complexity index is 825. The Morgan fingerprint density at radius 1 is 1.24 bits per heavy atom. The van der Waals surface area contributed by atoms with Crippen molar-refractivity contribution in [2.24, 2.45) is 0 Å². The zero-order valence-corrected chi connectivity index (χ0v) is 11.7. The molecule has 0 radical (unpaired) electrons. The van der Waals surface area contributed by atoms with Crippen LogP contribution in [0.2, 0.25) is 5.02 Å². The van der Waals surface area contributed by atoms with Gasteiger partial charge in [0, 0.05) is 11.4 Å². The van der Waals surface area contributed by atoms with E-state index in [1.165, 1.54) is 15.4 Å². The van der Waals surface area contributed by atoms with E-state index >= 15 is 0 Å². The Kier molecular flexibility index (Phi) is 3.68. The average Bonchev–Trinajstić information content (AvgIpc) is 2.94. The summed E-state index contributed by atoms with van der Waals surface area (Å²) < 4.78 is 2.80. The molecule has 8 heteroatoms. The Labute approximate surface area is 124 Å². The molecule has 0 bridgehead atoms. The smallest absolute Gasteiger partial charge is 0.277 e. The van der Waals surface area contributed by atoms with Crippen molar-refractivity contribution in [1.29, 1.82) is 0 Å². The minimum atomic E-state index is -0.278. The van der Waals surface area contributed by atoms with E-state index in [1.807, 2.05) is 12.1 Å². The number of fused-ring (bicyclic) bond motifs is 1. The molecule has 0 fully saturated rings. The summed E-state index contributed by atoms with van der Waals surface area (Å²) in [6.45, 7) is -0.00993. The fourth-order valence-corrected chi connectivity index (χ4v) is 2.23. The standard InChI is InChI=1S/C13H12ClN5O2/c14-10-3-1-9(2-4-10)7-11-12(21)18(5-6-20)13-16-15-8-19(13)17-11/h1-4,8,20H,5-7H2. The van der Waals surface area contributed by atoms with Gasteiger partial charge in [0.1, 0.15) is 12.0 Å². The summed E-state index contributed by atoms with van der Waals surface area (Å²) in [5, 5.41) is 21.6. The van der Waals surface area contributed by atoms with Crippen molar-refractivity contribution >= 4 is 17.4 Å². The van der Waals surface area contributed by atoms with Crippen LogP contribution in [0.25, 0.3) is 5.78 Å². The molecule has 0 spiro atoms. The average molecular weight is 306 g/mol. The monoisotopic (exact) mass is 305 g/mol. The first kappa shape index (κ1) is 13.7. The first-order chi connectivity index (χ1) is 10.2. The van der Waals surface area contributed by atoms with Crippen molar-refractivity contribution in [2.45, 2.75) is 13.0 Å². The molecule has 0 aliphatic carbocycles. The second kappa shape index (κ2) is 5.63. The second-order valence-corrected chi connectivity index (χ2v) is 4.94. The first-order valence-corrected chi connectivity index (χ1v) is 6.72. The van der Waals surface area contributed by atoms with Gasteiger partial charge in [0.15, 0.2) is 0 Å². The summed E-state index contributed by atoms with van der Waals surface area (Å²) in [6, 6.07) is 7.22. The number of aromatic nitrogens is 5. The van der Waals surface area contributed by atoms with Gasteiger partial charge in [0.05, 0.1) is 13.2 Å². The number of hydrogen-bond donors (Lipinski definition) is 1. The summed E-state index contributed by atoms with van der Waals surface area (Å²) in [7, 11) is 0. The predicted molar refractivity (Wildman–Crippen MR) is 76.4 cm³/mol. The lowest BCUT2D eigenvalue weighted by atomic mass is 10.1. The molecule has 7 nitrogen and oxygen atoms in total. The number of aliphatic hydroxyl groups excluding tert-OH is 1. The van der Waals surface area contributed by atoms with Gasteiger partial charge in [-0.25, -0.2) is 0 Å². The quantitative estimate of drug-likeness (QED) is 0.759. The lowest BCUT2D eigenvalue weighted by Crippen LogP contribution is -2.29. The van der Waals surface area contributed by atoms with Crippen LogP contribution in [0.3, 0.4) is 0 Å². The van der Waals surface area contributed by atoms with Gasteiger partial charge in [-0.05, 0) is 17.7 Å². The maximum Gasteiger partial charge on any atom is 0.277 e. The van der Waals surface area contributed by atoms with Crippen molar-refractivity contribution in [1.82, 2.24) is 24.4 Å². The van der Waals surface area contributed by atoms with Crippen LogP contribution in [-0.2, 0) is 13.0 Å². The molecule has 2 heterocycles. The molecule has 0 saturated carbocycles. The van der Waals surface area contributed by atoms with E-state index in [0.29, 0.717) is 22.9 Å². The Morgan fingerprint density at radius 2 is 2.00 bits per heavy atom. The van der Waals surface area contributed by atoms with Crippen LogP contribution in [0.4, 0.5) is 0 Å². The second-order valence-electron chi connectivity index (χ2n) is 4.51. The molecule has 3 aromatic rings. The molecule has 1 N–H and O–H groups in total. The SMILES string of the molecule is O=c1c(Cc2ccc(Cl)cc2)nn2cnnc2n1CCO. The van der Waals surface area contributed by atoms with Gasteiger partial charge in [-0.15, -0.1) is 10.2 Å². The summed E-state index contributed by atoms with van der Waals surface area (Å²) in [6.07, 6.45) is 1.80. The van der Waals surface area contributed by atoms with Crippen LogP contribution in [0.1, 0.15) is 11.3 Å². The largest absolute Gasteiger partial charge is 0.395 e. The van der Waals surface area contributed by atoms with Gasteiger partial charge in [0.25, 0.3) is 11.3 Å². The normalized spacial score (nSPS) is 11.1. The van der Waals surface area contributed by atoms with Gasteiger partial charge in [-0.1, -0.05) is 23.7 Å². The van der Waals surface area contributed by atoms with Gasteiger partial charge in [-0.3, -0.25) is 9.36 Å². The molecule has 0 atom stereocenters. The minimum Gasteiger partial charge on any atom is -0.395 e. The van der Waals surface area contributed by atoms with Crippen molar-refractivity contribution in [3.8, 4) is 0 Å². The van der Waals surface area contributed by atoms with Gasteiger partial charge in [0.2, 0.25) is 0 Å². The highest BCUT2D eigenvalue weighted by Crippen LogP contribution is 2.11. The third kappa shape index (κ3) is 2.65. The highest BCUT2D eigenvalue weighted by Gasteiger charge is 2.13. The lowest BCUT2D eigenvalue weighted by Gasteiger charge is -2.07. The van der Waals surface area contributed by atoms with Gasteiger partial charge >= 0.3 is 0 Å². The lowest BCUT2D eigenvalue weighted by molar-refractivity contribution is 0.274. The van der Waals surface area contributed by atoms with Crippen LogP contribution in [-0.4, -0.2) is 36.1 Å². The first-order valence-electron chi connectivity index (χ1n) is 6.34. The molecule has 1 aromatic carbocycles. The number of nitrogens with zero attached hydrogens (tertiary/aromatic N) is 5. The maximum atomic E-state index is 12.4. The predicted octanol–water partition coefficient (Wildman–Crippen LogP) is 0.522. The zero-order chi connectivity index (χ0) is 14.8. The number of hydrogen-bond acceptors (Lipinski definition) is 5. The molecular formula is C13H12ClN5O2. The molecule has 3 rings (SSSR count). The van der Waals surface area contributed by atoms with E-state index in [-0.39, 0.29) is 18.7 Å². The van der Waals surface area contributed by atoms with Gasteiger partial charge in [-0.2, -0.15) is 9.61 Å². The number of aliphatic hydroxyl groups is 1. The number of rotatable bonds is 4. The summed E-state index contributed by atoms with van der Waals surface area (Å²) in [5.41, 5.74) is 1.00. The molecule has 0 amide bonds. The summed E-state index contributed by atoms with van der Waals surface area (Å²) >= 11 is 5.85. The van der Waals surface area contributed by atoms with E-state index in [2.05, 4.69) is 15.3 Å². The van der Waals surface area contributed by atoms with E-state index in [0.717, 1.165) is 5.56 Å². The summed E-state index contributed by atoms with van der Waals surface area (Å²) in [4.78, 5) is 12.4. The highest BCUT2D eigenvalue weighted by molar-refractivity contribution is 6.30. The zero-order valence-electron chi connectivity index (χ0n) is 11.0. The molecule has 0 saturated heterocycles. The van der Waals surface area contributed by atoms with E-state index in [9.17, 15) is 4.79 Å². The molecule has 0 aliphatic rings. The van der Waals surface area contributed by atoms with Crippen molar-refractivity contribution in [2.75, 3.05) is 6.61 Å². The van der Waals surface area contributed by atoms with E-state index in [1.54, 1.807) is 12.1 Å². The van der Waals surface area contributed by atoms with Crippen molar-refractivity contribution in [3.63, 3.8) is 0 Å². The molecule has 21 heavy (non-hydrogen) atoms. The molecule has 108 valence electrons. The fraction of sp³-hybridized carbons (Fsp3) is 0.231. The molecule has 2 aromatic heterocycles. The molecule has 0 aliphatic heterocycles. The van der Waals surface area contributed by atoms with Crippen LogP contribution in [0.5, 0.6) is 0 Å². The Morgan fingerprint density at radius 3 is 2.71 bits per heavy atom. The Hall–Kier alpha value is -2.25. The van der Waals surface area contributed by atoms with E-state index < -0.39 is 0 Å². The van der Waals surface area contributed by atoms with Crippen molar-refractivity contribution < 1.29 is 5.11 Å². The number of halogens is 1. The topological polar surface area (TPSA) is 85.3 Å². The van der Waals surface area contributed by atoms with Crippen LogP contribution in [0.15, 0.2) is 35.4 Å². The minimum absolute atomic E-state index is 0.150. The fourth-order valence-electron chi connectivity index (χ4n) is 2.10. The van der Waals surface area contributed by atoms with Crippen LogP contribution < -0.4 is 5.56 Å². The Balaban J connectivity index is 2.07. The molecular weight excluding hydrogens is 294 g/mol. The van der Waals surface area contributed by atoms with Crippen molar-refractivity contribution in [3.05, 3.63) is 57.2 Å². The summed E-state index contributed by atoms with van der Waals surface area (Å²) in [5.74, 6) is 0.314.